The molecule has 0 radical (unpaired) electrons. The molecule has 3 saturated heterocycles. The molecule has 5 rings (SSSR count). The molecule has 3 aliphatic rings. The van der Waals surface area contributed by atoms with Gasteiger partial charge in [-0.15, -0.1) is 0 Å². The summed E-state index contributed by atoms with van der Waals surface area (Å²) in [4.78, 5) is 7.58. The molecule has 0 aromatic heterocycles. The van der Waals surface area contributed by atoms with Crippen LogP contribution in [0.25, 0.3) is 0 Å². The van der Waals surface area contributed by atoms with Gasteiger partial charge in [0.05, 0.1) is 11.6 Å². The lowest BCUT2D eigenvalue weighted by molar-refractivity contribution is -0.118. The van der Waals surface area contributed by atoms with Gasteiger partial charge in [-0.05, 0) is 18.1 Å². The minimum absolute atomic E-state index is 0.125. The fourth-order valence-electron chi connectivity index (χ4n) is 5.54. The first-order valence-electron chi connectivity index (χ1n) is 10.3. The van der Waals surface area contributed by atoms with Gasteiger partial charge >= 0.3 is 0 Å². The minimum Gasteiger partial charge on any atom is -0.508 e. The number of benzene rings is 2. The van der Waals surface area contributed by atoms with Crippen molar-refractivity contribution >= 4 is 0 Å². The Labute approximate surface area is 166 Å². The lowest BCUT2D eigenvalue weighted by atomic mass is 9.83. The first kappa shape index (κ1) is 18.1. The molecule has 3 heterocycles. The molecule has 3 aliphatic heterocycles. The van der Waals surface area contributed by atoms with Crippen LogP contribution in [-0.2, 0) is 13.1 Å². The summed E-state index contributed by atoms with van der Waals surface area (Å²) in [7, 11) is 0. The summed E-state index contributed by atoms with van der Waals surface area (Å²) in [6.07, 6.45) is 0.678. The lowest BCUT2D eigenvalue weighted by Gasteiger charge is -2.61. The second-order valence-electron chi connectivity index (χ2n) is 8.85. The lowest BCUT2D eigenvalue weighted by Crippen LogP contribution is -2.77. The SMILES string of the molecule is Oc1ccccc1CN1CC2(CN(Cc3ccccc3)CC3CC(O)CN32)C1. The van der Waals surface area contributed by atoms with Crippen LogP contribution in [0.3, 0.4) is 0 Å². The Morgan fingerprint density at radius 3 is 2.36 bits per heavy atom. The number of phenolic OH excluding ortho intramolecular Hbond substituents is 1. The zero-order valence-electron chi connectivity index (χ0n) is 16.2. The van der Waals surface area contributed by atoms with Gasteiger partial charge in [-0.3, -0.25) is 14.7 Å². The number of likely N-dealkylation sites (tertiary alicyclic amines) is 1. The van der Waals surface area contributed by atoms with E-state index in [9.17, 15) is 10.2 Å². The summed E-state index contributed by atoms with van der Waals surface area (Å²) in [5.41, 5.74) is 2.47. The Kier molecular flexibility index (Phi) is 4.63. The van der Waals surface area contributed by atoms with Crippen molar-refractivity contribution < 1.29 is 10.2 Å². The number of piperazine rings is 1. The number of phenols is 1. The number of para-hydroxylation sites is 1. The third-order valence-electron chi connectivity index (χ3n) is 6.66. The normalized spacial score (nSPS) is 27.6. The maximum absolute atomic E-state index is 10.3. The first-order chi connectivity index (χ1) is 13.6. The number of hydrogen-bond acceptors (Lipinski definition) is 5. The van der Waals surface area contributed by atoms with Gasteiger partial charge in [-0.1, -0.05) is 48.5 Å². The van der Waals surface area contributed by atoms with Crippen molar-refractivity contribution in [2.45, 2.75) is 37.2 Å². The topological polar surface area (TPSA) is 50.2 Å². The largest absolute Gasteiger partial charge is 0.508 e. The van der Waals surface area contributed by atoms with Gasteiger partial charge in [0.15, 0.2) is 0 Å². The predicted octanol–water partition coefficient (Wildman–Crippen LogP) is 1.90. The third kappa shape index (κ3) is 3.33. The zero-order chi connectivity index (χ0) is 19.1. The average molecular weight is 380 g/mol. The van der Waals surface area contributed by atoms with Gasteiger partial charge in [0.25, 0.3) is 0 Å². The highest BCUT2D eigenvalue weighted by Gasteiger charge is 2.55. The van der Waals surface area contributed by atoms with E-state index in [1.54, 1.807) is 6.07 Å². The molecule has 5 nitrogen and oxygen atoms in total. The van der Waals surface area contributed by atoms with Gasteiger partial charge in [-0.25, -0.2) is 0 Å². The van der Waals surface area contributed by atoms with Gasteiger partial charge in [-0.2, -0.15) is 0 Å². The summed E-state index contributed by atoms with van der Waals surface area (Å²) in [6.45, 7) is 6.63. The van der Waals surface area contributed by atoms with E-state index in [0.717, 1.165) is 57.8 Å². The van der Waals surface area contributed by atoms with Crippen LogP contribution >= 0.6 is 0 Å². The highest BCUT2D eigenvalue weighted by molar-refractivity contribution is 5.32. The minimum atomic E-state index is -0.203. The predicted molar refractivity (Wildman–Crippen MR) is 109 cm³/mol. The van der Waals surface area contributed by atoms with Crippen molar-refractivity contribution in [3.63, 3.8) is 0 Å². The van der Waals surface area contributed by atoms with E-state index >= 15 is 0 Å². The Morgan fingerprint density at radius 1 is 0.857 bits per heavy atom. The van der Waals surface area contributed by atoms with E-state index in [1.165, 1.54) is 5.56 Å². The molecule has 2 N–H and O–H groups in total. The van der Waals surface area contributed by atoms with Crippen LogP contribution in [0.4, 0.5) is 0 Å². The Morgan fingerprint density at radius 2 is 1.57 bits per heavy atom. The highest BCUT2D eigenvalue weighted by atomic mass is 16.3. The molecule has 0 saturated carbocycles. The first-order valence-corrected chi connectivity index (χ1v) is 10.3. The second-order valence-corrected chi connectivity index (χ2v) is 8.85. The number of aromatic hydroxyl groups is 1. The molecule has 2 aromatic rings. The molecule has 3 fully saturated rings. The maximum Gasteiger partial charge on any atom is 0.120 e. The van der Waals surface area contributed by atoms with E-state index in [-0.39, 0.29) is 11.6 Å². The quantitative estimate of drug-likeness (QED) is 0.850. The average Bonchev–Trinajstić information content (AvgIpc) is 3.03. The number of rotatable bonds is 4. The summed E-state index contributed by atoms with van der Waals surface area (Å²) >= 11 is 0. The zero-order valence-corrected chi connectivity index (χ0v) is 16.2. The fraction of sp³-hybridized carbons (Fsp3) is 0.478. The van der Waals surface area contributed by atoms with Crippen molar-refractivity contribution in [2.24, 2.45) is 0 Å². The third-order valence-corrected chi connectivity index (χ3v) is 6.66. The number of fused-ring (bicyclic) bond motifs is 2. The molecule has 0 amide bonds. The molecule has 5 heteroatoms. The van der Waals surface area contributed by atoms with Crippen LogP contribution in [0.15, 0.2) is 54.6 Å². The van der Waals surface area contributed by atoms with E-state index < -0.39 is 0 Å². The maximum atomic E-state index is 10.3. The molecule has 0 bridgehead atoms. The Bertz CT molecular complexity index is 822. The van der Waals surface area contributed by atoms with E-state index in [2.05, 4.69) is 45.0 Å². The van der Waals surface area contributed by atoms with Gasteiger partial charge < -0.3 is 10.2 Å². The highest BCUT2D eigenvalue weighted by Crippen LogP contribution is 2.40. The molecular formula is C23H29N3O2. The van der Waals surface area contributed by atoms with Crippen LogP contribution in [0.2, 0.25) is 0 Å². The van der Waals surface area contributed by atoms with Crippen molar-refractivity contribution in [3.05, 3.63) is 65.7 Å². The van der Waals surface area contributed by atoms with Gasteiger partial charge in [0, 0.05) is 57.4 Å². The van der Waals surface area contributed by atoms with Crippen molar-refractivity contribution in [1.29, 1.82) is 0 Å². The molecule has 0 aliphatic carbocycles. The Balaban J connectivity index is 1.30. The van der Waals surface area contributed by atoms with Crippen molar-refractivity contribution in [3.8, 4) is 5.75 Å². The van der Waals surface area contributed by atoms with E-state index in [1.807, 2.05) is 18.2 Å². The van der Waals surface area contributed by atoms with Crippen LogP contribution in [0, 0.1) is 0 Å². The van der Waals surface area contributed by atoms with E-state index in [4.69, 9.17) is 0 Å². The monoisotopic (exact) mass is 379 g/mol. The second kappa shape index (κ2) is 7.16. The molecule has 2 atom stereocenters. The summed E-state index contributed by atoms with van der Waals surface area (Å²) in [5, 5.41) is 20.4. The number of aliphatic hydroxyl groups is 1. The molecule has 2 unspecified atom stereocenters. The van der Waals surface area contributed by atoms with Crippen LogP contribution in [-0.4, -0.2) is 75.3 Å². The van der Waals surface area contributed by atoms with Crippen LogP contribution in [0.5, 0.6) is 5.75 Å². The summed E-state index contributed by atoms with van der Waals surface area (Å²) in [6, 6.07) is 18.8. The molecule has 148 valence electrons. The van der Waals surface area contributed by atoms with Crippen LogP contribution < -0.4 is 0 Å². The number of β-amino-alcohol motifs (C(OH)–C–C–N with tert-alkyl or cyclic N) is 1. The fourth-order valence-corrected chi connectivity index (χ4v) is 5.54. The molecular weight excluding hydrogens is 350 g/mol. The number of aliphatic hydroxyl groups excluding tert-OH is 1. The van der Waals surface area contributed by atoms with E-state index in [0.29, 0.717) is 11.8 Å². The smallest absolute Gasteiger partial charge is 0.120 e. The molecule has 2 aromatic carbocycles. The van der Waals surface area contributed by atoms with Gasteiger partial charge in [0.2, 0.25) is 0 Å². The standard InChI is InChI=1S/C23H29N3O2/c27-21-10-20-13-24(11-18-6-2-1-3-7-18)15-23(26(20)14-21)16-25(17-23)12-19-8-4-5-9-22(19)28/h1-9,20-21,27-28H,10-17H2. The number of nitrogens with zero attached hydrogens (tertiary/aromatic N) is 3. The van der Waals surface area contributed by atoms with Crippen molar-refractivity contribution in [1.82, 2.24) is 14.7 Å². The Hall–Kier alpha value is -1.92. The van der Waals surface area contributed by atoms with Gasteiger partial charge in [0.1, 0.15) is 5.75 Å². The van der Waals surface area contributed by atoms with Crippen molar-refractivity contribution in [2.75, 3.05) is 32.7 Å². The summed E-state index contributed by atoms with van der Waals surface area (Å²) < 4.78 is 0. The van der Waals surface area contributed by atoms with Crippen LogP contribution in [0.1, 0.15) is 17.5 Å². The molecule has 1 spiro atoms. The summed E-state index contributed by atoms with van der Waals surface area (Å²) in [5.74, 6) is 0.382. The number of hydrogen-bond donors (Lipinski definition) is 2. The molecule has 28 heavy (non-hydrogen) atoms.